The first-order valence-corrected chi connectivity index (χ1v) is 7.87. The highest BCUT2D eigenvalue weighted by molar-refractivity contribution is 7.89. The van der Waals surface area contributed by atoms with Gasteiger partial charge in [0.15, 0.2) is 0 Å². The minimum atomic E-state index is -3.39. The molecule has 0 spiro atoms. The quantitative estimate of drug-likeness (QED) is 0.665. The van der Waals surface area contributed by atoms with Crippen molar-refractivity contribution in [2.45, 2.75) is 32.2 Å². The standard InChI is InChI=1S/C11H20N2O5S/c1-3-7-19(16,17)13-6-4-5-9(13)11(15)12-8-10(14)18-2/h9H,3-8H2,1-2H3,(H,12,15). The maximum absolute atomic E-state index is 12.0. The highest BCUT2D eigenvalue weighted by atomic mass is 32.2. The number of esters is 1. The molecule has 0 saturated carbocycles. The number of rotatable bonds is 6. The van der Waals surface area contributed by atoms with Crippen LogP contribution in [-0.2, 0) is 24.3 Å². The number of carbonyl (C=O) groups is 2. The van der Waals surface area contributed by atoms with E-state index in [4.69, 9.17) is 0 Å². The van der Waals surface area contributed by atoms with Crippen LogP contribution >= 0.6 is 0 Å². The van der Waals surface area contributed by atoms with Crippen LogP contribution in [0.1, 0.15) is 26.2 Å². The lowest BCUT2D eigenvalue weighted by atomic mass is 10.2. The Morgan fingerprint density at radius 1 is 1.42 bits per heavy atom. The molecule has 0 aromatic carbocycles. The van der Waals surface area contributed by atoms with Crippen molar-refractivity contribution in [3.8, 4) is 0 Å². The molecule has 1 rings (SSSR count). The first-order chi connectivity index (χ1) is 8.92. The molecule has 1 saturated heterocycles. The van der Waals surface area contributed by atoms with Gasteiger partial charge < -0.3 is 10.1 Å². The van der Waals surface area contributed by atoms with Crippen molar-refractivity contribution in [3.63, 3.8) is 0 Å². The van der Waals surface area contributed by atoms with E-state index < -0.39 is 27.9 Å². The average Bonchev–Trinajstić information content (AvgIpc) is 2.85. The van der Waals surface area contributed by atoms with Gasteiger partial charge in [0.1, 0.15) is 12.6 Å². The van der Waals surface area contributed by atoms with E-state index in [9.17, 15) is 18.0 Å². The minimum absolute atomic E-state index is 0.0355. The summed E-state index contributed by atoms with van der Waals surface area (Å²) in [6.45, 7) is 1.89. The van der Waals surface area contributed by atoms with Gasteiger partial charge in [-0.25, -0.2) is 8.42 Å². The van der Waals surface area contributed by atoms with Crippen molar-refractivity contribution in [3.05, 3.63) is 0 Å². The lowest BCUT2D eigenvalue weighted by Crippen LogP contribution is -2.47. The molecule has 8 heteroatoms. The summed E-state index contributed by atoms with van der Waals surface area (Å²) in [5.74, 6) is -0.967. The van der Waals surface area contributed by atoms with Crippen LogP contribution in [0, 0.1) is 0 Å². The van der Waals surface area contributed by atoms with Gasteiger partial charge in [0.05, 0.1) is 12.9 Å². The fourth-order valence-electron chi connectivity index (χ4n) is 2.06. The molecular weight excluding hydrogens is 272 g/mol. The van der Waals surface area contributed by atoms with Gasteiger partial charge in [-0.05, 0) is 19.3 Å². The normalized spacial score (nSPS) is 20.2. The van der Waals surface area contributed by atoms with Crippen molar-refractivity contribution in [1.29, 1.82) is 0 Å². The van der Waals surface area contributed by atoms with Crippen LogP contribution in [-0.4, -0.2) is 56.6 Å². The number of nitrogens with zero attached hydrogens (tertiary/aromatic N) is 1. The Morgan fingerprint density at radius 2 is 2.11 bits per heavy atom. The highest BCUT2D eigenvalue weighted by Gasteiger charge is 2.37. The second kappa shape index (κ2) is 6.85. The first kappa shape index (κ1) is 15.9. The maximum Gasteiger partial charge on any atom is 0.325 e. The third-order valence-electron chi connectivity index (χ3n) is 2.96. The maximum atomic E-state index is 12.0. The largest absolute Gasteiger partial charge is 0.468 e. The lowest BCUT2D eigenvalue weighted by Gasteiger charge is -2.22. The Balaban J connectivity index is 2.66. The van der Waals surface area contributed by atoms with E-state index in [-0.39, 0.29) is 12.3 Å². The van der Waals surface area contributed by atoms with E-state index >= 15 is 0 Å². The average molecular weight is 292 g/mol. The summed E-state index contributed by atoms with van der Waals surface area (Å²) in [7, 11) is -2.17. The second-order valence-electron chi connectivity index (χ2n) is 4.38. The van der Waals surface area contributed by atoms with E-state index in [1.807, 2.05) is 0 Å². The molecule has 110 valence electrons. The van der Waals surface area contributed by atoms with Gasteiger partial charge in [-0.3, -0.25) is 9.59 Å². The summed E-state index contributed by atoms with van der Waals surface area (Å²) in [5.41, 5.74) is 0. The molecular formula is C11H20N2O5S. The Kier molecular flexibility index (Phi) is 5.74. The van der Waals surface area contributed by atoms with Gasteiger partial charge in [0.2, 0.25) is 15.9 Å². The number of amides is 1. The van der Waals surface area contributed by atoms with Gasteiger partial charge in [-0.15, -0.1) is 0 Å². The van der Waals surface area contributed by atoms with E-state index in [1.165, 1.54) is 11.4 Å². The zero-order valence-electron chi connectivity index (χ0n) is 11.2. The van der Waals surface area contributed by atoms with Crippen LogP contribution in [0.15, 0.2) is 0 Å². The SMILES string of the molecule is CCCS(=O)(=O)N1CCCC1C(=O)NCC(=O)OC. The number of methoxy groups -OCH3 is 1. The number of sulfonamides is 1. The third kappa shape index (κ3) is 4.17. The van der Waals surface area contributed by atoms with E-state index in [1.54, 1.807) is 6.92 Å². The molecule has 7 nitrogen and oxygen atoms in total. The summed E-state index contributed by atoms with van der Waals surface area (Å²) in [4.78, 5) is 22.8. The van der Waals surface area contributed by atoms with Gasteiger partial charge in [-0.1, -0.05) is 6.92 Å². The van der Waals surface area contributed by atoms with Gasteiger partial charge in [0.25, 0.3) is 0 Å². The summed E-state index contributed by atoms with van der Waals surface area (Å²) < 4.78 is 29.6. The van der Waals surface area contributed by atoms with Crippen molar-refractivity contribution in [2.24, 2.45) is 0 Å². The molecule has 0 radical (unpaired) electrons. The van der Waals surface area contributed by atoms with Gasteiger partial charge >= 0.3 is 5.97 Å². The zero-order chi connectivity index (χ0) is 14.5. The van der Waals surface area contributed by atoms with E-state index in [2.05, 4.69) is 10.1 Å². The second-order valence-corrected chi connectivity index (χ2v) is 6.42. The number of carbonyl (C=O) groups excluding carboxylic acids is 2. The summed E-state index contributed by atoms with van der Waals surface area (Å²) in [6.07, 6.45) is 1.64. The van der Waals surface area contributed by atoms with Crippen LogP contribution in [0.2, 0.25) is 0 Å². The molecule has 1 amide bonds. The molecule has 0 aliphatic carbocycles. The number of hydrogen-bond acceptors (Lipinski definition) is 5. The molecule has 1 atom stereocenters. The Labute approximate surface area is 113 Å². The summed E-state index contributed by atoms with van der Waals surface area (Å²) in [6, 6.07) is -0.707. The molecule has 1 unspecified atom stereocenters. The molecule has 1 heterocycles. The topological polar surface area (TPSA) is 92.8 Å². The smallest absolute Gasteiger partial charge is 0.325 e. The fourth-order valence-corrected chi connectivity index (χ4v) is 3.81. The van der Waals surface area contributed by atoms with Crippen LogP contribution < -0.4 is 5.32 Å². The number of hydrogen-bond donors (Lipinski definition) is 1. The molecule has 19 heavy (non-hydrogen) atoms. The Hall–Kier alpha value is -1.15. The summed E-state index contributed by atoms with van der Waals surface area (Å²) in [5, 5.41) is 2.40. The monoisotopic (exact) mass is 292 g/mol. The van der Waals surface area contributed by atoms with Crippen LogP contribution in [0.5, 0.6) is 0 Å². The predicted octanol–water partition coefficient (Wildman–Crippen LogP) is -0.520. The molecule has 1 N–H and O–H groups in total. The van der Waals surface area contributed by atoms with Crippen LogP contribution in [0.25, 0.3) is 0 Å². The molecule has 0 aromatic heterocycles. The van der Waals surface area contributed by atoms with Crippen molar-refractivity contribution < 1.29 is 22.7 Å². The van der Waals surface area contributed by atoms with Crippen molar-refractivity contribution >= 4 is 21.9 Å². The Morgan fingerprint density at radius 3 is 2.68 bits per heavy atom. The van der Waals surface area contributed by atoms with Crippen molar-refractivity contribution in [1.82, 2.24) is 9.62 Å². The molecule has 1 aliphatic heterocycles. The first-order valence-electron chi connectivity index (χ1n) is 6.26. The predicted molar refractivity (Wildman–Crippen MR) is 68.8 cm³/mol. The highest BCUT2D eigenvalue weighted by Crippen LogP contribution is 2.21. The molecule has 0 aromatic rings. The number of nitrogens with one attached hydrogen (secondary N) is 1. The molecule has 1 aliphatic rings. The summed E-state index contributed by atoms with van der Waals surface area (Å²) >= 11 is 0. The lowest BCUT2D eigenvalue weighted by molar-refractivity contribution is -0.141. The van der Waals surface area contributed by atoms with Crippen molar-refractivity contribution in [2.75, 3.05) is 26.0 Å². The minimum Gasteiger partial charge on any atom is -0.468 e. The van der Waals surface area contributed by atoms with Gasteiger partial charge in [0, 0.05) is 6.54 Å². The van der Waals surface area contributed by atoms with Gasteiger partial charge in [-0.2, -0.15) is 4.31 Å². The molecule has 0 bridgehead atoms. The Bertz CT molecular complexity index is 434. The molecule has 1 fully saturated rings. The fraction of sp³-hybridized carbons (Fsp3) is 0.818. The van der Waals surface area contributed by atoms with E-state index in [0.29, 0.717) is 25.8 Å². The third-order valence-corrected chi connectivity index (χ3v) is 5.04. The number of ether oxygens (including phenoxy) is 1. The van der Waals surface area contributed by atoms with E-state index in [0.717, 1.165) is 0 Å². The van der Waals surface area contributed by atoms with Crippen LogP contribution in [0.3, 0.4) is 0 Å². The zero-order valence-corrected chi connectivity index (χ0v) is 12.0. The van der Waals surface area contributed by atoms with Crippen LogP contribution in [0.4, 0.5) is 0 Å².